The Morgan fingerprint density at radius 3 is 2.92 bits per heavy atom. The zero-order valence-corrected chi connectivity index (χ0v) is 7.70. The molecule has 1 aromatic carbocycles. The van der Waals surface area contributed by atoms with E-state index in [2.05, 4.69) is 42.6 Å². The van der Waals surface area contributed by atoms with E-state index in [1.54, 1.807) is 0 Å². The Morgan fingerprint density at radius 1 is 1.23 bits per heavy atom. The normalized spacial score (nSPS) is 10.5. The number of benzene rings is 1. The molecule has 0 saturated carbocycles. The zero-order chi connectivity index (χ0) is 9.10. The average molecular weight is 170 g/mol. The molecule has 2 aromatic rings. The van der Waals surface area contributed by atoms with Gasteiger partial charge < -0.3 is 0 Å². The number of hydrogen-bond donors (Lipinski definition) is 0. The van der Waals surface area contributed by atoms with Crippen molar-refractivity contribution in [3.63, 3.8) is 0 Å². The quantitative estimate of drug-likeness (QED) is 0.674. The lowest BCUT2D eigenvalue weighted by Gasteiger charge is -2.02. The summed E-state index contributed by atoms with van der Waals surface area (Å²) >= 11 is 0. The van der Waals surface area contributed by atoms with Gasteiger partial charge >= 0.3 is 0 Å². The Hall–Kier alpha value is -1.37. The van der Waals surface area contributed by atoms with Crippen molar-refractivity contribution in [2.45, 2.75) is 13.3 Å². The first-order valence-corrected chi connectivity index (χ1v) is 4.59. The minimum atomic E-state index is 1.03. The van der Waals surface area contributed by atoms with Crippen LogP contribution in [0.2, 0.25) is 0 Å². The number of hydrogen-bond acceptors (Lipinski definition) is 1. The van der Waals surface area contributed by atoms with Gasteiger partial charge in [0.15, 0.2) is 0 Å². The second kappa shape index (κ2) is 3.56. The van der Waals surface area contributed by atoms with Crippen molar-refractivity contribution in [1.29, 1.82) is 0 Å². The van der Waals surface area contributed by atoms with Gasteiger partial charge in [-0.25, -0.2) is 0 Å². The van der Waals surface area contributed by atoms with Gasteiger partial charge in [0.1, 0.15) is 0 Å². The molecule has 0 N–H and O–H groups in total. The molecular weight excluding hydrogens is 158 g/mol. The zero-order valence-electron chi connectivity index (χ0n) is 7.70. The molecule has 1 radical (unpaired) electrons. The predicted octanol–water partition coefficient (Wildman–Crippen LogP) is 3.20. The summed E-state index contributed by atoms with van der Waals surface area (Å²) in [6.45, 7) is 2.13. The van der Waals surface area contributed by atoms with Gasteiger partial charge in [-0.05, 0) is 17.9 Å². The van der Waals surface area contributed by atoms with Crippen LogP contribution in [0.3, 0.4) is 0 Å². The number of pyridine rings is 1. The first-order valence-electron chi connectivity index (χ1n) is 4.59. The monoisotopic (exact) mass is 170 g/mol. The molecule has 1 heteroatoms. The van der Waals surface area contributed by atoms with E-state index in [0.29, 0.717) is 0 Å². The second-order valence-electron chi connectivity index (χ2n) is 3.03. The highest BCUT2D eigenvalue weighted by Gasteiger charge is 1.99. The predicted molar refractivity (Wildman–Crippen MR) is 55.4 cm³/mol. The van der Waals surface area contributed by atoms with Gasteiger partial charge in [-0.1, -0.05) is 31.2 Å². The highest BCUT2D eigenvalue weighted by atomic mass is 14.7. The van der Waals surface area contributed by atoms with Gasteiger partial charge in [0, 0.05) is 18.0 Å². The van der Waals surface area contributed by atoms with Crippen molar-refractivity contribution in [3.05, 3.63) is 48.6 Å². The average Bonchev–Trinajstić information content (AvgIpc) is 2.19. The number of fused-ring (bicyclic) bond motifs is 1. The van der Waals surface area contributed by atoms with E-state index in [-0.39, 0.29) is 0 Å². The van der Waals surface area contributed by atoms with Crippen LogP contribution < -0.4 is 0 Å². The summed E-state index contributed by atoms with van der Waals surface area (Å²) in [6, 6.07) is 10.4. The molecule has 1 heterocycles. The smallest absolute Gasteiger partial charge is 0.0519 e. The highest BCUT2D eigenvalue weighted by molar-refractivity contribution is 5.85. The first kappa shape index (κ1) is 8.24. The maximum absolute atomic E-state index is 4.34. The lowest BCUT2D eigenvalue weighted by molar-refractivity contribution is 1.08. The molecule has 0 aliphatic heterocycles. The van der Waals surface area contributed by atoms with E-state index < -0.39 is 0 Å². The van der Waals surface area contributed by atoms with Crippen molar-refractivity contribution >= 4 is 10.8 Å². The maximum atomic E-state index is 4.34. The van der Waals surface area contributed by atoms with Crippen LogP contribution in [0, 0.1) is 6.42 Å². The van der Waals surface area contributed by atoms with Gasteiger partial charge in [0.2, 0.25) is 0 Å². The van der Waals surface area contributed by atoms with E-state index in [0.717, 1.165) is 12.1 Å². The standard InChI is InChI=1S/C12H12N/c1-2-5-12-11-7-4-3-6-10(11)8-9-13-12/h3-9H,2H2,1H3. The van der Waals surface area contributed by atoms with Crippen LogP contribution in [0.1, 0.15) is 19.0 Å². The minimum absolute atomic E-state index is 1.03. The van der Waals surface area contributed by atoms with Crippen LogP contribution in [0.15, 0.2) is 36.5 Å². The van der Waals surface area contributed by atoms with Crippen molar-refractivity contribution in [2.75, 3.05) is 0 Å². The first-order chi connectivity index (χ1) is 6.42. The van der Waals surface area contributed by atoms with E-state index in [1.807, 2.05) is 12.3 Å². The third-order valence-corrected chi connectivity index (χ3v) is 2.10. The summed E-state index contributed by atoms with van der Waals surface area (Å²) in [4.78, 5) is 4.34. The van der Waals surface area contributed by atoms with Gasteiger partial charge in [0.25, 0.3) is 0 Å². The summed E-state index contributed by atoms with van der Waals surface area (Å²) in [5.41, 5.74) is 1.10. The van der Waals surface area contributed by atoms with Gasteiger partial charge in [-0.2, -0.15) is 0 Å². The molecule has 0 aliphatic rings. The summed E-state index contributed by atoms with van der Waals surface area (Å²) in [6.07, 6.45) is 5.05. The van der Waals surface area contributed by atoms with Crippen molar-refractivity contribution in [3.8, 4) is 0 Å². The summed E-state index contributed by atoms with van der Waals surface area (Å²) < 4.78 is 0. The van der Waals surface area contributed by atoms with E-state index in [1.165, 1.54) is 10.8 Å². The lowest BCUT2D eigenvalue weighted by atomic mass is 10.1. The molecule has 0 bridgehead atoms. The number of nitrogens with zero attached hydrogens (tertiary/aromatic N) is 1. The maximum Gasteiger partial charge on any atom is 0.0519 e. The molecule has 1 nitrogen and oxygen atoms in total. The molecule has 0 spiro atoms. The fraction of sp³-hybridized carbons (Fsp3) is 0.167. The molecule has 0 unspecified atom stereocenters. The van der Waals surface area contributed by atoms with Crippen LogP contribution in [0.4, 0.5) is 0 Å². The van der Waals surface area contributed by atoms with Crippen LogP contribution in [-0.2, 0) is 0 Å². The topological polar surface area (TPSA) is 12.9 Å². The Balaban J connectivity index is 2.61. The van der Waals surface area contributed by atoms with Crippen LogP contribution in [-0.4, -0.2) is 4.98 Å². The third-order valence-electron chi connectivity index (χ3n) is 2.10. The summed E-state index contributed by atoms with van der Waals surface area (Å²) in [5.74, 6) is 0. The Bertz CT molecular complexity index is 401. The van der Waals surface area contributed by atoms with E-state index in [9.17, 15) is 0 Å². The summed E-state index contributed by atoms with van der Waals surface area (Å²) in [5, 5.41) is 2.50. The third kappa shape index (κ3) is 1.55. The van der Waals surface area contributed by atoms with E-state index in [4.69, 9.17) is 0 Å². The Morgan fingerprint density at radius 2 is 2.08 bits per heavy atom. The molecule has 0 saturated heterocycles. The second-order valence-corrected chi connectivity index (χ2v) is 3.03. The van der Waals surface area contributed by atoms with Gasteiger partial charge in [-0.3, -0.25) is 4.98 Å². The lowest BCUT2D eigenvalue weighted by Crippen LogP contribution is -1.87. The van der Waals surface area contributed by atoms with Crippen molar-refractivity contribution in [1.82, 2.24) is 4.98 Å². The molecule has 2 rings (SSSR count). The summed E-state index contributed by atoms with van der Waals surface area (Å²) in [7, 11) is 0. The molecule has 65 valence electrons. The highest BCUT2D eigenvalue weighted by Crippen LogP contribution is 2.17. The van der Waals surface area contributed by atoms with Crippen LogP contribution in [0.5, 0.6) is 0 Å². The Kier molecular flexibility index (Phi) is 2.26. The molecular formula is C12H12N. The minimum Gasteiger partial charge on any atom is -0.260 e. The molecule has 13 heavy (non-hydrogen) atoms. The van der Waals surface area contributed by atoms with Gasteiger partial charge in [-0.15, -0.1) is 0 Å². The fourth-order valence-electron chi connectivity index (χ4n) is 1.50. The molecule has 0 amide bonds. The van der Waals surface area contributed by atoms with Crippen molar-refractivity contribution < 1.29 is 0 Å². The molecule has 0 atom stereocenters. The van der Waals surface area contributed by atoms with Crippen molar-refractivity contribution in [2.24, 2.45) is 0 Å². The number of aromatic nitrogens is 1. The van der Waals surface area contributed by atoms with Crippen LogP contribution >= 0.6 is 0 Å². The van der Waals surface area contributed by atoms with Gasteiger partial charge in [0.05, 0.1) is 5.69 Å². The molecule has 1 aromatic heterocycles. The molecule has 0 fully saturated rings. The molecule has 0 aliphatic carbocycles. The van der Waals surface area contributed by atoms with E-state index >= 15 is 0 Å². The largest absolute Gasteiger partial charge is 0.260 e. The Labute approximate surface area is 78.4 Å². The SMILES string of the molecule is CC[CH]c1nccc2ccccc12. The number of rotatable bonds is 2. The fourth-order valence-corrected chi connectivity index (χ4v) is 1.50. The van der Waals surface area contributed by atoms with Crippen LogP contribution in [0.25, 0.3) is 10.8 Å².